The Morgan fingerprint density at radius 1 is 1.25 bits per heavy atom. The van der Waals surface area contributed by atoms with Gasteiger partial charge in [0.15, 0.2) is 5.82 Å². The SMILES string of the molecule is CCCc1nc(-c2cnn(CCC)c2)nc(NC)c1Br. The van der Waals surface area contributed by atoms with Gasteiger partial charge in [-0.3, -0.25) is 4.68 Å². The Labute approximate surface area is 128 Å². The van der Waals surface area contributed by atoms with Crippen LogP contribution in [0.1, 0.15) is 32.4 Å². The zero-order valence-corrected chi connectivity index (χ0v) is 13.7. The molecule has 0 fully saturated rings. The Morgan fingerprint density at radius 3 is 2.70 bits per heavy atom. The summed E-state index contributed by atoms with van der Waals surface area (Å²) in [6, 6.07) is 0. The van der Waals surface area contributed by atoms with Gasteiger partial charge >= 0.3 is 0 Å². The molecular weight excluding hydrogens is 318 g/mol. The molecule has 0 spiro atoms. The summed E-state index contributed by atoms with van der Waals surface area (Å²) in [5, 5.41) is 7.45. The average Bonchev–Trinajstić information content (AvgIpc) is 2.90. The van der Waals surface area contributed by atoms with Gasteiger partial charge in [-0.2, -0.15) is 5.10 Å². The van der Waals surface area contributed by atoms with Gasteiger partial charge in [0.2, 0.25) is 0 Å². The van der Waals surface area contributed by atoms with E-state index in [1.165, 1.54) is 0 Å². The van der Waals surface area contributed by atoms with Crippen LogP contribution in [-0.2, 0) is 13.0 Å². The van der Waals surface area contributed by atoms with Crippen LogP contribution in [0.3, 0.4) is 0 Å². The third kappa shape index (κ3) is 3.17. The smallest absolute Gasteiger partial charge is 0.165 e. The molecule has 108 valence electrons. The highest BCUT2D eigenvalue weighted by molar-refractivity contribution is 9.10. The highest BCUT2D eigenvalue weighted by Gasteiger charge is 2.13. The molecule has 0 bridgehead atoms. The molecule has 0 aromatic carbocycles. The Kier molecular flexibility index (Phi) is 5.11. The van der Waals surface area contributed by atoms with Crippen molar-refractivity contribution in [3.8, 4) is 11.4 Å². The molecule has 6 heteroatoms. The number of halogens is 1. The van der Waals surface area contributed by atoms with Crippen LogP contribution in [0.4, 0.5) is 5.82 Å². The van der Waals surface area contributed by atoms with Crippen molar-refractivity contribution in [2.75, 3.05) is 12.4 Å². The summed E-state index contributed by atoms with van der Waals surface area (Å²) in [6.45, 7) is 5.19. The van der Waals surface area contributed by atoms with E-state index in [-0.39, 0.29) is 0 Å². The summed E-state index contributed by atoms with van der Waals surface area (Å²) >= 11 is 3.57. The first-order valence-electron chi connectivity index (χ1n) is 6.96. The second kappa shape index (κ2) is 6.83. The van der Waals surface area contributed by atoms with Crippen molar-refractivity contribution in [1.82, 2.24) is 19.7 Å². The lowest BCUT2D eigenvalue weighted by Crippen LogP contribution is -2.03. The van der Waals surface area contributed by atoms with Gasteiger partial charge in [0.1, 0.15) is 5.82 Å². The van der Waals surface area contributed by atoms with Crippen molar-refractivity contribution in [2.45, 2.75) is 39.7 Å². The molecule has 0 saturated carbocycles. The molecule has 0 aliphatic carbocycles. The standard InChI is InChI=1S/C14H20BrN5/c1-4-6-11-12(15)14(16-3)19-13(18-11)10-8-17-20(9-10)7-5-2/h8-9H,4-7H2,1-3H3,(H,16,18,19). The number of anilines is 1. The van der Waals surface area contributed by atoms with Crippen LogP contribution >= 0.6 is 15.9 Å². The van der Waals surface area contributed by atoms with Crippen molar-refractivity contribution in [1.29, 1.82) is 0 Å². The summed E-state index contributed by atoms with van der Waals surface area (Å²) in [5.74, 6) is 1.55. The third-order valence-corrected chi connectivity index (χ3v) is 3.82. The minimum absolute atomic E-state index is 0.725. The maximum atomic E-state index is 4.66. The molecule has 0 amide bonds. The quantitative estimate of drug-likeness (QED) is 0.876. The van der Waals surface area contributed by atoms with E-state index in [0.717, 1.165) is 53.2 Å². The predicted octanol–water partition coefficient (Wildman–Crippen LogP) is 3.51. The molecule has 0 atom stereocenters. The van der Waals surface area contributed by atoms with E-state index in [1.54, 1.807) is 0 Å². The van der Waals surface area contributed by atoms with Crippen molar-refractivity contribution in [2.24, 2.45) is 0 Å². The van der Waals surface area contributed by atoms with Gasteiger partial charge in [-0.25, -0.2) is 9.97 Å². The molecule has 2 rings (SSSR count). The number of nitrogens with one attached hydrogen (secondary N) is 1. The van der Waals surface area contributed by atoms with Gasteiger partial charge in [0, 0.05) is 19.8 Å². The molecule has 0 saturated heterocycles. The van der Waals surface area contributed by atoms with Gasteiger partial charge in [0.25, 0.3) is 0 Å². The van der Waals surface area contributed by atoms with Crippen molar-refractivity contribution in [3.63, 3.8) is 0 Å². The second-order valence-corrected chi connectivity index (χ2v) is 5.44. The largest absolute Gasteiger partial charge is 0.372 e. The zero-order valence-electron chi connectivity index (χ0n) is 12.1. The molecule has 2 aromatic heterocycles. The number of rotatable bonds is 6. The number of hydrogen-bond acceptors (Lipinski definition) is 4. The molecule has 2 heterocycles. The van der Waals surface area contributed by atoms with E-state index in [0.29, 0.717) is 0 Å². The minimum Gasteiger partial charge on any atom is -0.372 e. The van der Waals surface area contributed by atoms with Crippen LogP contribution in [0.15, 0.2) is 16.9 Å². The fraction of sp³-hybridized carbons (Fsp3) is 0.500. The van der Waals surface area contributed by atoms with Crippen LogP contribution in [-0.4, -0.2) is 26.8 Å². The molecule has 2 aromatic rings. The van der Waals surface area contributed by atoms with Crippen LogP contribution in [0, 0.1) is 0 Å². The molecule has 0 unspecified atom stereocenters. The predicted molar refractivity (Wildman–Crippen MR) is 84.8 cm³/mol. The van der Waals surface area contributed by atoms with E-state index >= 15 is 0 Å². The van der Waals surface area contributed by atoms with E-state index in [1.807, 2.05) is 24.1 Å². The summed E-state index contributed by atoms with van der Waals surface area (Å²) in [4.78, 5) is 9.22. The molecule has 0 radical (unpaired) electrons. The van der Waals surface area contributed by atoms with Crippen molar-refractivity contribution >= 4 is 21.7 Å². The lowest BCUT2D eigenvalue weighted by atomic mass is 10.2. The van der Waals surface area contributed by atoms with Gasteiger partial charge in [-0.1, -0.05) is 20.3 Å². The molecule has 5 nitrogen and oxygen atoms in total. The van der Waals surface area contributed by atoms with Crippen molar-refractivity contribution < 1.29 is 0 Å². The normalized spacial score (nSPS) is 10.8. The Hall–Kier alpha value is -1.43. The Bertz CT molecular complexity index is 579. The first-order valence-corrected chi connectivity index (χ1v) is 7.75. The maximum absolute atomic E-state index is 4.66. The van der Waals surface area contributed by atoms with E-state index in [2.05, 4.69) is 50.2 Å². The van der Waals surface area contributed by atoms with E-state index in [9.17, 15) is 0 Å². The Balaban J connectivity index is 2.41. The second-order valence-electron chi connectivity index (χ2n) is 4.65. The van der Waals surface area contributed by atoms with Gasteiger partial charge in [0.05, 0.1) is 21.9 Å². The highest BCUT2D eigenvalue weighted by atomic mass is 79.9. The van der Waals surface area contributed by atoms with Crippen LogP contribution in [0.5, 0.6) is 0 Å². The first-order chi connectivity index (χ1) is 9.69. The van der Waals surface area contributed by atoms with Gasteiger partial charge < -0.3 is 5.32 Å². The van der Waals surface area contributed by atoms with Crippen LogP contribution < -0.4 is 5.32 Å². The Morgan fingerprint density at radius 2 is 2.05 bits per heavy atom. The third-order valence-electron chi connectivity index (χ3n) is 2.99. The molecule has 1 N–H and O–H groups in total. The fourth-order valence-electron chi connectivity index (χ4n) is 2.02. The lowest BCUT2D eigenvalue weighted by Gasteiger charge is -2.09. The van der Waals surface area contributed by atoms with Gasteiger partial charge in [-0.15, -0.1) is 0 Å². The fourth-order valence-corrected chi connectivity index (χ4v) is 2.60. The molecule has 20 heavy (non-hydrogen) atoms. The first kappa shape index (κ1) is 15.0. The number of hydrogen-bond donors (Lipinski definition) is 1. The number of aromatic nitrogens is 4. The lowest BCUT2D eigenvalue weighted by molar-refractivity contribution is 0.603. The van der Waals surface area contributed by atoms with Crippen LogP contribution in [0.2, 0.25) is 0 Å². The highest BCUT2D eigenvalue weighted by Crippen LogP contribution is 2.27. The van der Waals surface area contributed by atoms with Gasteiger partial charge in [-0.05, 0) is 28.8 Å². The summed E-state index contributed by atoms with van der Waals surface area (Å²) in [5.41, 5.74) is 1.99. The molecular formula is C14H20BrN5. The van der Waals surface area contributed by atoms with E-state index < -0.39 is 0 Å². The average molecular weight is 338 g/mol. The molecule has 0 aliphatic rings. The molecule has 0 aliphatic heterocycles. The van der Waals surface area contributed by atoms with Crippen LogP contribution in [0.25, 0.3) is 11.4 Å². The number of nitrogens with zero attached hydrogens (tertiary/aromatic N) is 4. The minimum atomic E-state index is 0.725. The zero-order chi connectivity index (χ0) is 14.5. The van der Waals surface area contributed by atoms with Crippen molar-refractivity contribution in [3.05, 3.63) is 22.6 Å². The topological polar surface area (TPSA) is 55.6 Å². The number of aryl methyl sites for hydroxylation is 2. The monoisotopic (exact) mass is 337 g/mol. The maximum Gasteiger partial charge on any atom is 0.165 e. The summed E-state index contributed by atoms with van der Waals surface area (Å²) < 4.78 is 2.88. The summed E-state index contributed by atoms with van der Waals surface area (Å²) in [6.07, 6.45) is 6.86. The summed E-state index contributed by atoms with van der Waals surface area (Å²) in [7, 11) is 1.87. The van der Waals surface area contributed by atoms with E-state index in [4.69, 9.17) is 0 Å².